The highest BCUT2D eigenvalue weighted by Crippen LogP contribution is 2.26. The van der Waals surface area contributed by atoms with Crippen LogP contribution in [0.4, 0.5) is 5.69 Å². The number of nitrogens with one attached hydrogen (secondary N) is 1. The standard InChI is InChI=1S/C14H16ClN3O2S/c1-10-8-12(15)14(9-13(10)16)21(19,20)18-7-4-11-2-5-17-6-3-11/h2-3,5-6,8-9,18H,4,7,16H2,1H3. The minimum absolute atomic E-state index is 0.00185. The van der Waals surface area contributed by atoms with Crippen LogP contribution in [-0.2, 0) is 16.4 Å². The molecule has 2 rings (SSSR count). The molecule has 112 valence electrons. The van der Waals surface area contributed by atoms with E-state index in [1.54, 1.807) is 25.4 Å². The summed E-state index contributed by atoms with van der Waals surface area (Å²) in [5.41, 5.74) is 7.89. The number of sulfonamides is 1. The van der Waals surface area contributed by atoms with E-state index in [-0.39, 0.29) is 16.5 Å². The lowest BCUT2D eigenvalue weighted by Gasteiger charge is -2.10. The monoisotopic (exact) mass is 325 g/mol. The van der Waals surface area contributed by atoms with E-state index in [9.17, 15) is 8.42 Å². The summed E-state index contributed by atoms with van der Waals surface area (Å²) in [6, 6.07) is 6.61. The lowest BCUT2D eigenvalue weighted by Crippen LogP contribution is -2.26. The SMILES string of the molecule is Cc1cc(Cl)c(S(=O)(=O)NCCc2ccncc2)cc1N. The molecular formula is C14H16ClN3O2S. The Morgan fingerprint density at radius 1 is 1.29 bits per heavy atom. The minimum Gasteiger partial charge on any atom is -0.398 e. The molecule has 21 heavy (non-hydrogen) atoms. The molecular weight excluding hydrogens is 310 g/mol. The molecule has 7 heteroatoms. The van der Waals surface area contributed by atoms with Gasteiger partial charge in [-0.1, -0.05) is 11.6 Å². The second kappa shape index (κ2) is 6.43. The summed E-state index contributed by atoms with van der Waals surface area (Å²) in [4.78, 5) is 3.91. The van der Waals surface area contributed by atoms with Crippen molar-refractivity contribution >= 4 is 27.3 Å². The van der Waals surface area contributed by atoms with Crippen LogP contribution in [0.15, 0.2) is 41.6 Å². The zero-order chi connectivity index (χ0) is 15.5. The Morgan fingerprint density at radius 2 is 1.95 bits per heavy atom. The molecule has 0 amide bonds. The Kier molecular flexibility index (Phi) is 4.82. The van der Waals surface area contributed by atoms with E-state index < -0.39 is 10.0 Å². The third-order valence-electron chi connectivity index (χ3n) is 3.07. The summed E-state index contributed by atoms with van der Waals surface area (Å²) < 4.78 is 27.0. The maximum absolute atomic E-state index is 12.2. The maximum Gasteiger partial charge on any atom is 0.242 e. The van der Waals surface area contributed by atoms with Crippen LogP contribution in [0, 0.1) is 6.92 Å². The molecule has 2 aromatic rings. The minimum atomic E-state index is -3.68. The first-order chi connectivity index (χ1) is 9.90. The predicted octanol–water partition coefficient (Wildman–Crippen LogP) is 2.15. The van der Waals surface area contributed by atoms with E-state index in [2.05, 4.69) is 9.71 Å². The predicted molar refractivity (Wildman–Crippen MR) is 83.7 cm³/mol. The van der Waals surface area contributed by atoms with Crippen LogP contribution in [0.5, 0.6) is 0 Å². The van der Waals surface area contributed by atoms with Crippen molar-refractivity contribution in [3.63, 3.8) is 0 Å². The summed E-state index contributed by atoms with van der Waals surface area (Å²) in [6.07, 6.45) is 3.91. The Morgan fingerprint density at radius 3 is 2.62 bits per heavy atom. The first-order valence-electron chi connectivity index (χ1n) is 6.34. The van der Waals surface area contributed by atoms with Gasteiger partial charge in [0, 0.05) is 24.6 Å². The van der Waals surface area contributed by atoms with E-state index in [0.29, 0.717) is 12.1 Å². The number of aryl methyl sites for hydroxylation is 1. The number of nitrogens with zero attached hydrogens (tertiary/aromatic N) is 1. The van der Waals surface area contributed by atoms with E-state index in [1.807, 2.05) is 12.1 Å². The summed E-state index contributed by atoms with van der Waals surface area (Å²) in [5.74, 6) is 0. The van der Waals surface area contributed by atoms with Gasteiger partial charge < -0.3 is 5.73 Å². The number of pyridine rings is 1. The van der Waals surface area contributed by atoms with Crippen LogP contribution in [0.1, 0.15) is 11.1 Å². The number of benzene rings is 1. The van der Waals surface area contributed by atoms with Gasteiger partial charge in [-0.15, -0.1) is 0 Å². The molecule has 0 radical (unpaired) electrons. The first-order valence-corrected chi connectivity index (χ1v) is 8.20. The average Bonchev–Trinajstić information content (AvgIpc) is 2.43. The second-order valence-electron chi connectivity index (χ2n) is 4.64. The Balaban J connectivity index is 2.10. The molecule has 0 aliphatic rings. The fourth-order valence-corrected chi connectivity index (χ4v) is 3.48. The number of hydrogen-bond donors (Lipinski definition) is 2. The Bertz CT molecular complexity index is 733. The molecule has 0 fully saturated rings. The lowest BCUT2D eigenvalue weighted by atomic mass is 10.2. The molecule has 0 bridgehead atoms. The number of hydrogen-bond acceptors (Lipinski definition) is 4. The number of nitrogen functional groups attached to an aromatic ring is 1. The van der Waals surface area contributed by atoms with Gasteiger partial charge in [0.2, 0.25) is 10.0 Å². The molecule has 0 atom stereocenters. The van der Waals surface area contributed by atoms with E-state index in [0.717, 1.165) is 11.1 Å². The highest BCUT2D eigenvalue weighted by Gasteiger charge is 2.18. The first kappa shape index (κ1) is 15.8. The van der Waals surface area contributed by atoms with Gasteiger partial charge in [0.15, 0.2) is 0 Å². The number of anilines is 1. The highest BCUT2D eigenvalue weighted by atomic mass is 35.5. The van der Waals surface area contributed by atoms with Crippen LogP contribution in [0.25, 0.3) is 0 Å². The molecule has 3 N–H and O–H groups in total. The number of rotatable bonds is 5. The molecule has 1 aromatic carbocycles. The summed E-state index contributed by atoms with van der Waals surface area (Å²) >= 11 is 6.00. The molecule has 0 unspecified atom stereocenters. The molecule has 0 saturated heterocycles. The fourth-order valence-electron chi connectivity index (χ4n) is 1.83. The topological polar surface area (TPSA) is 85.1 Å². The van der Waals surface area contributed by atoms with Crippen LogP contribution in [0.3, 0.4) is 0 Å². The summed E-state index contributed by atoms with van der Waals surface area (Å²) in [7, 11) is -3.68. The van der Waals surface area contributed by atoms with Crippen LogP contribution in [0.2, 0.25) is 5.02 Å². The van der Waals surface area contributed by atoms with Crippen molar-refractivity contribution in [1.29, 1.82) is 0 Å². The van der Waals surface area contributed by atoms with Crippen molar-refractivity contribution in [2.24, 2.45) is 0 Å². The normalized spacial score (nSPS) is 11.5. The Hall–Kier alpha value is -1.63. The van der Waals surface area contributed by atoms with Gasteiger partial charge in [-0.25, -0.2) is 13.1 Å². The number of halogens is 1. The van der Waals surface area contributed by atoms with Crippen molar-refractivity contribution in [2.75, 3.05) is 12.3 Å². The van der Waals surface area contributed by atoms with Gasteiger partial charge in [-0.2, -0.15) is 0 Å². The summed E-state index contributed by atoms with van der Waals surface area (Å²) in [6.45, 7) is 2.05. The average molecular weight is 326 g/mol. The maximum atomic E-state index is 12.2. The van der Waals surface area contributed by atoms with Crippen molar-refractivity contribution in [2.45, 2.75) is 18.2 Å². The third-order valence-corrected chi connectivity index (χ3v) is 4.99. The van der Waals surface area contributed by atoms with Gasteiger partial charge in [-0.3, -0.25) is 4.98 Å². The zero-order valence-corrected chi connectivity index (χ0v) is 13.1. The lowest BCUT2D eigenvalue weighted by molar-refractivity contribution is 0.581. The highest BCUT2D eigenvalue weighted by molar-refractivity contribution is 7.89. The molecule has 1 heterocycles. The van der Waals surface area contributed by atoms with Crippen molar-refractivity contribution in [3.8, 4) is 0 Å². The van der Waals surface area contributed by atoms with Gasteiger partial charge >= 0.3 is 0 Å². The zero-order valence-electron chi connectivity index (χ0n) is 11.5. The van der Waals surface area contributed by atoms with Gasteiger partial charge in [0.25, 0.3) is 0 Å². The second-order valence-corrected chi connectivity index (χ2v) is 6.79. The van der Waals surface area contributed by atoms with Gasteiger partial charge in [0.05, 0.1) is 5.02 Å². The van der Waals surface area contributed by atoms with E-state index in [1.165, 1.54) is 6.07 Å². The molecule has 0 saturated carbocycles. The van der Waals surface area contributed by atoms with E-state index >= 15 is 0 Å². The summed E-state index contributed by atoms with van der Waals surface area (Å²) in [5, 5.41) is 0.165. The van der Waals surface area contributed by atoms with Crippen LogP contribution >= 0.6 is 11.6 Å². The fraction of sp³-hybridized carbons (Fsp3) is 0.214. The van der Waals surface area contributed by atoms with Gasteiger partial charge in [0.1, 0.15) is 4.90 Å². The van der Waals surface area contributed by atoms with Gasteiger partial charge in [-0.05, 0) is 48.7 Å². The van der Waals surface area contributed by atoms with E-state index in [4.69, 9.17) is 17.3 Å². The molecule has 1 aromatic heterocycles. The quantitative estimate of drug-likeness (QED) is 0.825. The van der Waals surface area contributed by atoms with Crippen molar-refractivity contribution < 1.29 is 8.42 Å². The number of aromatic nitrogens is 1. The number of nitrogens with two attached hydrogens (primary N) is 1. The molecule has 0 aliphatic carbocycles. The molecule has 5 nitrogen and oxygen atoms in total. The third kappa shape index (κ3) is 3.93. The largest absolute Gasteiger partial charge is 0.398 e. The van der Waals surface area contributed by atoms with Crippen molar-refractivity contribution in [1.82, 2.24) is 9.71 Å². The molecule has 0 spiro atoms. The molecule has 0 aliphatic heterocycles. The Labute approximate surface area is 129 Å². The van der Waals surface area contributed by atoms with Crippen LogP contribution < -0.4 is 10.5 Å². The van der Waals surface area contributed by atoms with Crippen molar-refractivity contribution in [3.05, 3.63) is 52.8 Å². The smallest absolute Gasteiger partial charge is 0.242 e. The van der Waals surface area contributed by atoms with Crippen LogP contribution in [-0.4, -0.2) is 19.9 Å².